The van der Waals surface area contributed by atoms with Crippen molar-refractivity contribution in [3.63, 3.8) is 0 Å². The van der Waals surface area contributed by atoms with Gasteiger partial charge in [0, 0.05) is 31.0 Å². The van der Waals surface area contributed by atoms with Crippen LogP contribution in [0.25, 0.3) is 0 Å². The topological polar surface area (TPSA) is 88.2 Å². The van der Waals surface area contributed by atoms with Gasteiger partial charge in [0.05, 0.1) is 4.90 Å². The standard InChI is InChI=1S/C21H21N3O3S/c25-21(23-13-11-17-6-2-1-3-7-17)19-9-4-10-20(14-19)28(26,27)24-16-18-8-5-12-22-15-18/h1-10,12,14-15,24H,11,13,16H2,(H,23,25). The fourth-order valence-corrected chi connectivity index (χ4v) is 3.70. The van der Waals surface area contributed by atoms with Crippen LogP contribution in [0.3, 0.4) is 0 Å². The summed E-state index contributed by atoms with van der Waals surface area (Å²) >= 11 is 0. The van der Waals surface area contributed by atoms with Crippen LogP contribution < -0.4 is 10.0 Å². The van der Waals surface area contributed by atoms with E-state index in [4.69, 9.17) is 0 Å². The summed E-state index contributed by atoms with van der Waals surface area (Å²) < 4.78 is 27.6. The largest absolute Gasteiger partial charge is 0.352 e. The Kier molecular flexibility index (Phi) is 6.52. The molecule has 6 nitrogen and oxygen atoms in total. The first-order valence-electron chi connectivity index (χ1n) is 8.85. The molecule has 0 bridgehead atoms. The zero-order valence-electron chi connectivity index (χ0n) is 15.2. The number of nitrogens with one attached hydrogen (secondary N) is 2. The van der Waals surface area contributed by atoms with Crippen molar-refractivity contribution in [2.45, 2.75) is 17.9 Å². The number of pyridine rings is 1. The summed E-state index contributed by atoms with van der Waals surface area (Å²) in [6.07, 6.45) is 3.92. The van der Waals surface area contributed by atoms with Gasteiger partial charge in [0.15, 0.2) is 0 Å². The second kappa shape index (κ2) is 9.25. The zero-order valence-corrected chi connectivity index (χ0v) is 16.0. The number of amides is 1. The van der Waals surface area contributed by atoms with Gasteiger partial charge in [-0.25, -0.2) is 13.1 Å². The normalized spacial score (nSPS) is 11.1. The van der Waals surface area contributed by atoms with Crippen LogP contribution >= 0.6 is 0 Å². The Balaban J connectivity index is 1.61. The maximum atomic E-state index is 12.5. The molecular weight excluding hydrogens is 374 g/mol. The summed E-state index contributed by atoms with van der Waals surface area (Å²) in [6.45, 7) is 0.600. The Labute approximate surface area is 164 Å². The SMILES string of the molecule is O=C(NCCc1ccccc1)c1cccc(S(=O)(=O)NCc2cccnc2)c1. The molecule has 0 radical (unpaired) electrons. The number of rotatable bonds is 8. The predicted octanol–water partition coefficient (Wildman–Crippen LogP) is 2.53. The molecule has 3 aromatic rings. The second-order valence-electron chi connectivity index (χ2n) is 6.21. The van der Waals surface area contributed by atoms with Crippen molar-refractivity contribution >= 4 is 15.9 Å². The summed E-state index contributed by atoms with van der Waals surface area (Å²) in [5.74, 6) is -0.305. The van der Waals surface area contributed by atoms with Gasteiger partial charge < -0.3 is 5.32 Å². The minimum atomic E-state index is -3.74. The van der Waals surface area contributed by atoms with Gasteiger partial charge in [-0.15, -0.1) is 0 Å². The van der Waals surface area contributed by atoms with Gasteiger partial charge in [-0.2, -0.15) is 0 Å². The number of hydrogen-bond donors (Lipinski definition) is 2. The fraction of sp³-hybridized carbons (Fsp3) is 0.143. The summed E-state index contributed by atoms with van der Waals surface area (Å²) in [7, 11) is -3.74. The quantitative estimate of drug-likeness (QED) is 0.613. The molecule has 0 aliphatic heterocycles. The van der Waals surface area contributed by atoms with E-state index in [-0.39, 0.29) is 17.3 Å². The molecular formula is C21H21N3O3S. The fourth-order valence-electron chi connectivity index (χ4n) is 2.64. The lowest BCUT2D eigenvalue weighted by Gasteiger charge is -2.09. The van der Waals surface area contributed by atoms with Crippen LogP contribution in [0.5, 0.6) is 0 Å². The van der Waals surface area contributed by atoms with E-state index in [1.54, 1.807) is 36.7 Å². The third-order valence-corrected chi connectivity index (χ3v) is 5.54. The average molecular weight is 395 g/mol. The van der Waals surface area contributed by atoms with Gasteiger partial charge in [0.25, 0.3) is 5.91 Å². The first-order valence-corrected chi connectivity index (χ1v) is 10.3. The summed E-state index contributed by atoms with van der Waals surface area (Å²) in [6, 6.07) is 19.3. The summed E-state index contributed by atoms with van der Waals surface area (Å²) in [4.78, 5) is 16.4. The molecule has 28 heavy (non-hydrogen) atoms. The highest BCUT2D eigenvalue weighted by atomic mass is 32.2. The van der Waals surface area contributed by atoms with Crippen molar-refractivity contribution in [3.8, 4) is 0 Å². The van der Waals surface area contributed by atoms with Gasteiger partial charge >= 0.3 is 0 Å². The Morgan fingerprint density at radius 1 is 0.929 bits per heavy atom. The van der Waals surface area contributed by atoms with Crippen molar-refractivity contribution in [1.82, 2.24) is 15.0 Å². The third kappa shape index (κ3) is 5.48. The van der Waals surface area contributed by atoms with Gasteiger partial charge in [-0.05, 0) is 41.8 Å². The first kappa shape index (κ1) is 19.7. The molecule has 0 atom stereocenters. The van der Waals surface area contributed by atoms with Crippen molar-refractivity contribution in [1.29, 1.82) is 0 Å². The maximum absolute atomic E-state index is 12.5. The number of sulfonamides is 1. The van der Waals surface area contributed by atoms with E-state index >= 15 is 0 Å². The van der Waals surface area contributed by atoms with Crippen molar-refractivity contribution in [2.24, 2.45) is 0 Å². The van der Waals surface area contributed by atoms with Crippen molar-refractivity contribution in [3.05, 3.63) is 95.8 Å². The van der Waals surface area contributed by atoms with Crippen LogP contribution in [0.4, 0.5) is 0 Å². The van der Waals surface area contributed by atoms with E-state index in [0.29, 0.717) is 18.5 Å². The molecule has 2 N–H and O–H groups in total. The number of carbonyl (C=O) groups excluding carboxylic acids is 1. The van der Waals surface area contributed by atoms with Gasteiger partial charge in [0.2, 0.25) is 10.0 Å². The molecule has 0 aliphatic rings. The Morgan fingerprint density at radius 3 is 2.46 bits per heavy atom. The average Bonchev–Trinajstić information content (AvgIpc) is 2.74. The van der Waals surface area contributed by atoms with Crippen molar-refractivity contribution < 1.29 is 13.2 Å². The smallest absolute Gasteiger partial charge is 0.251 e. The molecule has 1 aromatic heterocycles. The van der Waals surface area contributed by atoms with E-state index in [0.717, 1.165) is 11.1 Å². The lowest BCUT2D eigenvalue weighted by molar-refractivity contribution is 0.0954. The number of carbonyl (C=O) groups is 1. The molecule has 1 amide bonds. The number of benzene rings is 2. The van der Waals surface area contributed by atoms with E-state index < -0.39 is 10.0 Å². The summed E-state index contributed by atoms with van der Waals surface area (Å²) in [5, 5.41) is 2.82. The molecule has 2 aromatic carbocycles. The van der Waals surface area contributed by atoms with Crippen LogP contribution in [0.1, 0.15) is 21.5 Å². The molecule has 7 heteroatoms. The van der Waals surface area contributed by atoms with Crippen LogP contribution in [0.15, 0.2) is 84.0 Å². The minimum absolute atomic E-state index is 0.0482. The highest BCUT2D eigenvalue weighted by molar-refractivity contribution is 7.89. The first-order chi connectivity index (χ1) is 13.5. The van der Waals surface area contributed by atoms with Crippen LogP contribution in [-0.2, 0) is 23.0 Å². The van der Waals surface area contributed by atoms with Gasteiger partial charge in [-0.1, -0.05) is 42.5 Å². The highest BCUT2D eigenvalue weighted by Crippen LogP contribution is 2.12. The Morgan fingerprint density at radius 2 is 1.71 bits per heavy atom. The van der Waals surface area contributed by atoms with E-state index in [1.165, 1.54) is 12.1 Å². The monoisotopic (exact) mass is 395 g/mol. The molecule has 1 heterocycles. The van der Waals surface area contributed by atoms with E-state index in [2.05, 4.69) is 15.0 Å². The minimum Gasteiger partial charge on any atom is -0.352 e. The Hall–Kier alpha value is -3.03. The van der Waals surface area contributed by atoms with Gasteiger partial charge in [-0.3, -0.25) is 9.78 Å². The Bertz CT molecular complexity index is 1020. The molecule has 0 saturated heterocycles. The number of aromatic nitrogens is 1. The van der Waals surface area contributed by atoms with Crippen LogP contribution in [-0.4, -0.2) is 25.9 Å². The summed E-state index contributed by atoms with van der Waals surface area (Å²) in [5.41, 5.74) is 2.18. The van der Waals surface area contributed by atoms with Crippen LogP contribution in [0.2, 0.25) is 0 Å². The lowest BCUT2D eigenvalue weighted by atomic mass is 10.1. The van der Waals surface area contributed by atoms with Crippen molar-refractivity contribution in [2.75, 3.05) is 6.54 Å². The molecule has 0 saturated carbocycles. The highest BCUT2D eigenvalue weighted by Gasteiger charge is 2.16. The van der Waals surface area contributed by atoms with E-state index in [1.807, 2.05) is 30.3 Å². The second-order valence-corrected chi connectivity index (χ2v) is 7.97. The molecule has 3 rings (SSSR count). The van der Waals surface area contributed by atoms with Gasteiger partial charge in [0.1, 0.15) is 0 Å². The molecule has 144 valence electrons. The lowest BCUT2D eigenvalue weighted by Crippen LogP contribution is -2.27. The number of nitrogens with zero attached hydrogens (tertiary/aromatic N) is 1. The molecule has 0 aliphatic carbocycles. The predicted molar refractivity (Wildman–Crippen MR) is 107 cm³/mol. The van der Waals surface area contributed by atoms with E-state index in [9.17, 15) is 13.2 Å². The molecule has 0 spiro atoms. The molecule has 0 fully saturated rings. The molecule has 0 unspecified atom stereocenters. The van der Waals surface area contributed by atoms with Crippen LogP contribution in [0, 0.1) is 0 Å². The maximum Gasteiger partial charge on any atom is 0.251 e. The number of hydrogen-bond acceptors (Lipinski definition) is 4. The zero-order chi connectivity index (χ0) is 19.8. The third-order valence-electron chi connectivity index (χ3n) is 4.14.